The summed E-state index contributed by atoms with van der Waals surface area (Å²) in [6.07, 6.45) is 3.66. The van der Waals surface area contributed by atoms with Crippen LogP contribution in [0.3, 0.4) is 0 Å². The first-order valence-corrected chi connectivity index (χ1v) is 4.97. The first-order valence-electron chi connectivity index (χ1n) is 4.97. The average Bonchev–Trinajstić information content (AvgIpc) is 2.22. The Kier molecular flexibility index (Phi) is 7.23. The zero-order valence-corrected chi connectivity index (χ0v) is 8.95. The van der Waals surface area contributed by atoms with Crippen LogP contribution in [-0.4, -0.2) is 24.8 Å². The van der Waals surface area contributed by atoms with Crippen LogP contribution in [-0.2, 0) is 19.1 Å². The Labute approximate surface area is 89.0 Å². The number of amides is 1. The normalized spacial score (nSPS) is 9.67. The molecule has 0 aliphatic heterocycles. The van der Waals surface area contributed by atoms with Gasteiger partial charge in [-0.25, -0.2) is 0 Å². The second-order valence-corrected chi connectivity index (χ2v) is 3.28. The van der Waals surface area contributed by atoms with Gasteiger partial charge in [-0.2, -0.15) is 0 Å². The number of rotatable bonds is 8. The number of hydrogen-bond donors (Lipinski definition) is 1. The molecule has 0 spiro atoms. The Bertz CT molecular complexity index is 238. The molecule has 0 radical (unpaired) electrons. The summed E-state index contributed by atoms with van der Waals surface area (Å²) in [5.41, 5.74) is 4.78. The standard InChI is InChI=1S/C10H17NO4/c1-15-9(13)7-5-3-2-4-6-8(12)10(11)14/h2-7H2,1H3,(H2,11,14). The largest absolute Gasteiger partial charge is 0.469 e. The van der Waals surface area contributed by atoms with Gasteiger partial charge in [-0.05, 0) is 12.8 Å². The van der Waals surface area contributed by atoms with Crippen LogP contribution in [0.1, 0.15) is 38.5 Å². The van der Waals surface area contributed by atoms with Crippen LogP contribution in [0.4, 0.5) is 0 Å². The summed E-state index contributed by atoms with van der Waals surface area (Å²) in [4.78, 5) is 31.8. The van der Waals surface area contributed by atoms with Gasteiger partial charge in [0.2, 0.25) is 5.78 Å². The second-order valence-electron chi connectivity index (χ2n) is 3.28. The molecule has 1 amide bonds. The van der Waals surface area contributed by atoms with Crippen LogP contribution < -0.4 is 5.73 Å². The minimum atomic E-state index is -0.871. The molecule has 0 heterocycles. The topological polar surface area (TPSA) is 86.5 Å². The molecule has 0 fully saturated rings. The molecule has 2 N–H and O–H groups in total. The maximum atomic E-state index is 10.8. The van der Waals surface area contributed by atoms with Crippen molar-refractivity contribution in [3.8, 4) is 0 Å². The fourth-order valence-corrected chi connectivity index (χ4v) is 1.13. The van der Waals surface area contributed by atoms with Gasteiger partial charge >= 0.3 is 5.97 Å². The van der Waals surface area contributed by atoms with Gasteiger partial charge in [-0.3, -0.25) is 14.4 Å². The molecule has 86 valence electrons. The molecule has 0 aliphatic carbocycles. The van der Waals surface area contributed by atoms with Gasteiger partial charge < -0.3 is 10.5 Å². The average molecular weight is 215 g/mol. The third-order valence-electron chi connectivity index (χ3n) is 2.04. The third-order valence-corrected chi connectivity index (χ3v) is 2.04. The Morgan fingerprint density at radius 3 is 2.00 bits per heavy atom. The summed E-state index contributed by atoms with van der Waals surface area (Å²) in [7, 11) is 1.36. The summed E-state index contributed by atoms with van der Waals surface area (Å²) < 4.78 is 4.47. The van der Waals surface area contributed by atoms with E-state index in [1.807, 2.05) is 0 Å². The van der Waals surface area contributed by atoms with Crippen molar-refractivity contribution in [3.63, 3.8) is 0 Å². The molecule has 0 aliphatic rings. The Balaban J connectivity index is 3.29. The van der Waals surface area contributed by atoms with Gasteiger partial charge in [0, 0.05) is 12.8 Å². The number of primary amides is 1. The van der Waals surface area contributed by atoms with E-state index in [1.54, 1.807) is 0 Å². The van der Waals surface area contributed by atoms with E-state index in [0.29, 0.717) is 12.8 Å². The maximum Gasteiger partial charge on any atom is 0.305 e. The first kappa shape index (κ1) is 13.6. The van der Waals surface area contributed by atoms with Crippen molar-refractivity contribution in [2.75, 3.05) is 7.11 Å². The molecule has 5 heteroatoms. The number of esters is 1. The number of unbranched alkanes of at least 4 members (excludes halogenated alkanes) is 3. The molecule has 0 aromatic carbocycles. The number of hydrogen-bond acceptors (Lipinski definition) is 4. The highest BCUT2D eigenvalue weighted by Crippen LogP contribution is 2.06. The van der Waals surface area contributed by atoms with E-state index >= 15 is 0 Å². The van der Waals surface area contributed by atoms with E-state index in [9.17, 15) is 14.4 Å². The molecule has 0 bridgehead atoms. The van der Waals surface area contributed by atoms with Crippen LogP contribution in [0.25, 0.3) is 0 Å². The predicted molar refractivity (Wildman–Crippen MR) is 53.9 cm³/mol. The van der Waals surface area contributed by atoms with Crippen molar-refractivity contribution in [2.45, 2.75) is 38.5 Å². The molecule has 0 saturated carbocycles. The SMILES string of the molecule is COC(=O)CCCCCCC(=O)C(N)=O. The van der Waals surface area contributed by atoms with Crippen molar-refractivity contribution in [3.05, 3.63) is 0 Å². The van der Waals surface area contributed by atoms with Gasteiger partial charge in [0.1, 0.15) is 0 Å². The lowest BCUT2D eigenvalue weighted by Gasteiger charge is -1.99. The molecule has 0 aromatic rings. The highest BCUT2D eigenvalue weighted by Gasteiger charge is 2.07. The van der Waals surface area contributed by atoms with Crippen LogP contribution in [0.5, 0.6) is 0 Å². The number of Topliss-reactive ketones (excluding diaryl/α,β-unsaturated/α-hetero) is 1. The number of nitrogens with two attached hydrogens (primary N) is 1. The number of carbonyl (C=O) groups is 3. The van der Waals surface area contributed by atoms with E-state index in [1.165, 1.54) is 7.11 Å². The predicted octanol–water partition coefficient (Wildman–Crippen LogP) is 0.554. The van der Waals surface area contributed by atoms with Gasteiger partial charge in [0.15, 0.2) is 0 Å². The molecule has 5 nitrogen and oxygen atoms in total. The van der Waals surface area contributed by atoms with Crippen LogP contribution >= 0.6 is 0 Å². The monoisotopic (exact) mass is 215 g/mol. The lowest BCUT2D eigenvalue weighted by molar-refractivity contribution is -0.140. The molecule has 15 heavy (non-hydrogen) atoms. The van der Waals surface area contributed by atoms with E-state index in [0.717, 1.165) is 19.3 Å². The van der Waals surface area contributed by atoms with Gasteiger partial charge in [-0.1, -0.05) is 12.8 Å². The Morgan fingerprint density at radius 1 is 1.00 bits per heavy atom. The number of ketones is 1. The second kappa shape index (κ2) is 7.96. The Hall–Kier alpha value is -1.39. The summed E-state index contributed by atoms with van der Waals surface area (Å²) in [5.74, 6) is -1.62. The highest BCUT2D eigenvalue weighted by atomic mass is 16.5. The molecule has 0 rings (SSSR count). The van der Waals surface area contributed by atoms with Crippen LogP contribution in [0.15, 0.2) is 0 Å². The smallest absolute Gasteiger partial charge is 0.305 e. The lowest BCUT2D eigenvalue weighted by Crippen LogP contribution is -2.22. The first-order chi connectivity index (χ1) is 7.07. The van der Waals surface area contributed by atoms with Crippen molar-refractivity contribution in [1.29, 1.82) is 0 Å². The van der Waals surface area contributed by atoms with Crippen molar-refractivity contribution in [1.82, 2.24) is 0 Å². The molecular weight excluding hydrogens is 198 g/mol. The van der Waals surface area contributed by atoms with Crippen molar-refractivity contribution < 1.29 is 19.1 Å². The fraction of sp³-hybridized carbons (Fsp3) is 0.700. The number of methoxy groups -OCH3 is 1. The van der Waals surface area contributed by atoms with E-state index in [-0.39, 0.29) is 12.4 Å². The van der Waals surface area contributed by atoms with Crippen molar-refractivity contribution >= 4 is 17.7 Å². The van der Waals surface area contributed by atoms with E-state index in [4.69, 9.17) is 5.73 Å². The van der Waals surface area contributed by atoms with Crippen molar-refractivity contribution in [2.24, 2.45) is 5.73 Å². The van der Waals surface area contributed by atoms with E-state index < -0.39 is 11.7 Å². The minimum absolute atomic E-state index is 0.202. The maximum absolute atomic E-state index is 10.8. The van der Waals surface area contributed by atoms with Crippen LogP contribution in [0, 0.1) is 0 Å². The lowest BCUT2D eigenvalue weighted by atomic mass is 10.1. The molecule has 0 saturated heterocycles. The summed E-state index contributed by atoms with van der Waals surface area (Å²) in [6.45, 7) is 0. The molecule has 0 unspecified atom stereocenters. The minimum Gasteiger partial charge on any atom is -0.469 e. The summed E-state index contributed by atoms with van der Waals surface area (Å²) >= 11 is 0. The third kappa shape index (κ3) is 7.66. The highest BCUT2D eigenvalue weighted by molar-refractivity contribution is 6.35. The van der Waals surface area contributed by atoms with Gasteiger partial charge in [-0.15, -0.1) is 0 Å². The zero-order chi connectivity index (χ0) is 11.7. The van der Waals surface area contributed by atoms with Crippen LogP contribution in [0.2, 0.25) is 0 Å². The molecule has 0 aromatic heterocycles. The quantitative estimate of drug-likeness (QED) is 0.364. The summed E-state index contributed by atoms with van der Waals surface area (Å²) in [6, 6.07) is 0. The number of carbonyl (C=O) groups excluding carboxylic acids is 3. The molecular formula is C10H17NO4. The Morgan fingerprint density at radius 2 is 1.53 bits per heavy atom. The zero-order valence-electron chi connectivity index (χ0n) is 8.95. The van der Waals surface area contributed by atoms with Gasteiger partial charge in [0.25, 0.3) is 5.91 Å². The number of ether oxygens (including phenoxy) is 1. The summed E-state index contributed by atoms with van der Waals surface area (Å²) in [5, 5.41) is 0. The van der Waals surface area contributed by atoms with E-state index in [2.05, 4.69) is 4.74 Å². The molecule has 0 atom stereocenters. The van der Waals surface area contributed by atoms with Gasteiger partial charge in [0.05, 0.1) is 7.11 Å². The fourth-order valence-electron chi connectivity index (χ4n) is 1.13.